The molecule has 2 aromatic heterocycles. The molecule has 10 nitrogen and oxygen atoms in total. The van der Waals surface area contributed by atoms with Gasteiger partial charge in [-0.1, -0.05) is 12.1 Å². The number of rotatable bonds is 3. The molecule has 0 saturated carbocycles. The van der Waals surface area contributed by atoms with Gasteiger partial charge < -0.3 is 9.80 Å². The van der Waals surface area contributed by atoms with E-state index < -0.39 is 4.92 Å². The zero-order chi connectivity index (χ0) is 19.8. The highest BCUT2D eigenvalue weighted by atomic mass is 16.6. The number of aryl methyl sites for hydroxylation is 2. The van der Waals surface area contributed by atoms with Crippen molar-refractivity contribution in [3.63, 3.8) is 0 Å². The lowest BCUT2D eigenvalue weighted by Gasteiger charge is -2.35. The number of aromatic nitrogens is 4. The van der Waals surface area contributed by atoms with Crippen molar-refractivity contribution in [1.82, 2.24) is 24.6 Å². The number of nitro groups is 1. The number of amides is 1. The molecule has 0 spiro atoms. The second-order valence-electron chi connectivity index (χ2n) is 6.71. The summed E-state index contributed by atoms with van der Waals surface area (Å²) in [7, 11) is 1.82. The zero-order valence-corrected chi connectivity index (χ0v) is 15.6. The Balaban J connectivity index is 1.54. The monoisotopic (exact) mass is 381 g/mol. The Hall–Kier alpha value is -3.56. The molecule has 28 heavy (non-hydrogen) atoms. The summed E-state index contributed by atoms with van der Waals surface area (Å²) in [4.78, 5) is 36.2. The Kier molecular flexibility index (Phi) is 4.38. The molecule has 10 heteroatoms. The number of carbonyl (C=O) groups is 1. The van der Waals surface area contributed by atoms with E-state index in [-0.39, 0.29) is 17.2 Å². The molecule has 3 aromatic rings. The van der Waals surface area contributed by atoms with E-state index >= 15 is 0 Å². The van der Waals surface area contributed by atoms with Crippen LogP contribution >= 0.6 is 0 Å². The lowest BCUT2D eigenvalue weighted by molar-refractivity contribution is -0.385. The van der Waals surface area contributed by atoms with Crippen molar-refractivity contribution in [3.05, 3.63) is 52.0 Å². The number of nitrogens with zero attached hydrogens (tertiary/aromatic N) is 7. The molecule has 1 saturated heterocycles. The van der Waals surface area contributed by atoms with Crippen molar-refractivity contribution >= 4 is 28.4 Å². The van der Waals surface area contributed by atoms with Crippen LogP contribution in [-0.2, 0) is 7.05 Å². The Morgan fingerprint density at radius 1 is 1.18 bits per heavy atom. The largest absolute Gasteiger partial charge is 0.352 e. The molecule has 1 aliphatic rings. The number of piperazine rings is 1. The Morgan fingerprint density at radius 3 is 2.64 bits per heavy atom. The zero-order valence-electron chi connectivity index (χ0n) is 15.6. The van der Waals surface area contributed by atoms with Gasteiger partial charge in [0.25, 0.3) is 11.6 Å². The van der Waals surface area contributed by atoms with Crippen molar-refractivity contribution in [2.75, 3.05) is 31.1 Å². The van der Waals surface area contributed by atoms with Crippen LogP contribution in [0.4, 0.5) is 11.5 Å². The van der Waals surface area contributed by atoms with Crippen LogP contribution in [0.5, 0.6) is 0 Å². The maximum absolute atomic E-state index is 12.9. The van der Waals surface area contributed by atoms with E-state index in [0.717, 1.165) is 16.9 Å². The number of para-hydroxylation sites is 1. The van der Waals surface area contributed by atoms with Crippen molar-refractivity contribution in [2.45, 2.75) is 6.92 Å². The fraction of sp³-hybridized carbons (Fsp3) is 0.333. The average molecular weight is 381 g/mol. The second-order valence-corrected chi connectivity index (χ2v) is 6.71. The fourth-order valence-corrected chi connectivity index (χ4v) is 3.57. The maximum atomic E-state index is 12.9. The van der Waals surface area contributed by atoms with Gasteiger partial charge in [-0.3, -0.25) is 19.6 Å². The average Bonchev–Trinajstić information content (AvgIpc) is 3.08. The number of hydrogen-bond acceptors (Lipinski definition) is 7. The lowest BCUT2D eigenvalue weighted by atomic mass is 10.1. The molecule has 1 fully saturated rings. The van der Waals surface area contributed by atoms with E-state index in [4.69, 9.17) is 0 Å². The molecule has 1 aliphatic heterocycles. The number of nitro benzene ring substituents is 1. The standard InChI is InChI=1S/C18H19N7O3/c1-12-4-3-5-13(15(12)25(27)28)18(26)24-8-6-23(7-9-24)17-14-10-21-22(2)16(14)19-11-20-17/h3-5,10-11H,6-9H2,1-2H3. The van der Waals surface area contributed by atoms with Crippen LogP contribution in [0.15, 0.2) is 30.7 Å². The Bertz CT molecular complexity index is 1070. The topological polar surface area (TPSA) is 110 Å². The van der Waals surface area contributed by atoms with E-state index in [2.05, 4.69) is 20.0 Å². The predicted molar refractivity (Wildman–Crippen MR) is 102 cm³/mol. The molecule has 4 rings (SSSR count). The van der Waals surface area contributed by atoms with Gasteiger partial charge >= 0.3 is 0 Å². The Labute approximate surface area is 160 Å². The summed E-state index contributed by atoms with van der Waals surface area (Å²) in [6.45, 7) is 3.70. The van der Waals surface area contributed by atoms with E-state index in [1.807, 2.05) is 7.05 Å². The molecule has 0 N–H and O–H groups in total. The summed E-state index contributed by atoms with van der Waals surface area (Å²) >= 11 is 0. The summed E-state index contributed by atoms with van der Waals surface area (Å²) in [6.07, 6.45) is 3.24. The first-order valence-electron chi connectivity index (χ1n) is 8.88. The third kappa shape index (κ3) is 2.92. The minimum atomic E-state index is -0.487. The van der Waals surface area contributed by atoms with Crippen molar-refractivity contribution in [3.8, 4) is 0 Å². The molecule has 0 aliphatic carbocycles. The number of carbonyl (C=O) groups excluding carboxylic acids is 1. The first-order valence-corrected chi connectivity index (χ1v) is 8.88. The van der Waals surface area contributed by atoms with Gasteiger partial charge in [0.15, 0.2) is 5.65 Å². The van der Waals surface area contributed by atoms with Crippen LogP contribution in [0.25, 0.3) is 11.0 Å². The molecule has 0 radical (unpaired) electrons. The van der Waals surface area contributed by atoms with Crippen molar-refractivity contribution in [1.29, 1.82) is 0 Å². The summed E-state index contributed by atoms with van der Waals surface area (Å²) in [5.41, 5.74) is 1.24. The van der Waals surface area contributed by atoms with Crippen LogP contribution in [-0.4, -0.2) is 61.7 Å². The predicted octanol–water partition coefficient (Wildman–Crippen LogP) is 1.54. The molecular formula is C18H19N7O3. The van der Waals surface area contributed by atoms with Crippen molar-refractivity contribution < 1.29 is 9.72 Å². The second kappa shape index (κ2) is 6.87. The molecular weight excluding hydrogens is 362 g/mol. The van der Waals surface area contributed by atoms with Gasteiger partial charge in [0.05, 0.1) is 16.5 Å². The minimum Gasteiger partial charge on any atom is -0.352 e. The minimum absolute atomic E-state index is 0.122. The number of benzene rings is 1. The highest BCUT2D eigenvalue weighted by Gasteiger charge is 2.29. The summed E-state index contributed by atoms with van der Waals surface area (Å²) in [5, 5.41) is 16.5. The highest BCUT2D eigenvalue weighted by Crippen LogP contribution is 2.26. The maximum Gasteiger partial charge on any atom is 0.285 e. The SMILES string of the molecule is Cc1cccc(C(=O)N2CCN(c3ncnc4c3cnn4C)CC2)c1[N+](=O)[O-]. The van der Waals surface area contributed by atoms with Crippen LogP contribution in [0.3, 0.4) is 0 Å². The van der Waals surface area contributed by atoms with Gasteiger partial charge in [-0.2, -0.15) is 5.10 Å². The normalized spacial score (nSPS) is 14.5. The number of fused-ring (bicyclic) bond motifs is 1. The third-order valence-corrected chi connectivity index (χ3v) is 5.03. The molecule has 144 valence electrons. The van der Waals surface area contributed by atoms with E-state index in [1.54, 1.807) is 34.8 Å². The van der Waals surface area contributed by atoms with E-state index in [1.165, 1.54) is 12.4 Å². The first kappa shape index (κ1) is 17.8. The van der Waals surface area contributed by atoms with Crippen molar-refractivity contribution in [2.24, 2.45) is 7.05 Å². The number of hydrogen-bond donors (Lipinski definition) is 0. The van der Waals surface area contributed by atoms with Gasteiger partial charge in [0.2, 0.25) is 0 Å². The molecule has 3 heterocycles. The molecule has 0 bridgehead atoms. The van der Waals surface area contributed by atoms with Gasteiger partial charge in [-0.15, -0.1) is 0 Å². The summed E-state index contributed by atoms with van der Waals surface area (Å²) in [5.74, 6) is 0.469. The van der Waals surface area contributed by atoms with E-state index in [0.29, 0.717) is 31.7 Å². The smallest absolute Gasteiger partial charge is 0.285 e. The number of anilines is 1. The molecule has 1 amide bonds. The summed E-state index contributed by atoms with van der Waals surface area (Å²) in [6, 6.07) is 4.83. The van der Waals surface area contributed by atoms with Gasteiger partial charge in [-0.05, 0) is 13.0 Å². The van der Waals surface area contributed by atoms with Gasteiger partial charge in [0.1, 0.15) is 17.7 Å². The molecule has 1 aromatic carbocycles. The lowest BCUT2D eigenvalue weighted by Crippen LogP contribution is -2.49. The first-order chi connectivity index (χ1) is 13.5. The van der Waals surface area contributed by atoms with Gasteiger partial charge in [0, 0.05) is 38.8 Å². The highest BCUT2D eigenvalue weighted by molar-refractivity contribution is 5.99. The third-order valence-electron chi connectivity index (χ3n) is 5.03. The van der Waals surface area contributed by atoms with Crippen LogP contribution < -0.4 is 4.90 Å². The molecule has 0 unspecified atom stereocenters. The van der Waals surface area contributed by atoms with E-state index in [9.17, 15) is 14.9 Å². The molecule has 0 atom stereocenters. The Morgan fingerprint density at radius 2 is 1.93 bits per heavy atom. The quantitative estimate of drug-likeness (QED) is 0.500. The summed E-state index contributed by atoms with van der Waals surface area (Å²) < 4.78 is 1.69. The van der Waals surface area contributed by atoms with Crippen LogP contribution in [0.2, 0.25) is 0 Å². The fourth-order valence-electron chi connectivity index (χ4n) is 3.57. The van der Waals surface area contributed by atoms with Crippen LogP contribution in [0, 0.1) is 17.0 Å². The van der Waals surface area contributed by atoms with Crippen LogP contribution in [0.1, 0.15) is 15.9 Å². The van der Waals surface area contributed by atoms with Gasteiger partial charge in [-0.25, -0.2) is 9.97 Å².